The molecule has 2 aliphatic rings. The second kappa shape index (κ2) is 3.89. The zero-order chi connectivity index (χ0) is 12.0. The summed E-state index contributed by atoms with van der Waals surface area (Å²) in [5, 5.41) is 3.58. The average Bonchev–Trinajstić information content (AvgIpc) is 2.92. The van der Waals surface area contributed by atoms with Crippen LogP contribution in [0.15, 0.2) is 10.5 Å². The van der Waals surface area contributed by atoms with E-state index in [0.29, 0.717) is 6.79 Å². The summed E-state index contributed by atoms with van der Waals surface area (Å²) in [6.45, 7) is 5.73. The Labute approximate surface area is 110 Å². The van der Waals surface area contributed by atoms with Gasteiger partial charge in [0.25, 0.3) is 0 Å². The van der Waals surface area contributed by atoms with E-state index in [1.165, 1.54) is 12.0 Å². The van der Waals surface area contributed by atoms with Crippen LogP contribution in [-0.4, -0.2) is 13.3 Å². The molecule has 1 saturated heterocycles. The molecule has 2 heterocycles. The first kappa shape index (κ1) is 11.4. The van der Waals surface area contributed by atoms with Crippen LogP contribution in [0.3, 0.4) is 0 Å². The van der Waals surface area contributed by atoms with Crippen LogP contribution in [0, 0.1) is 6.92 Å². The van der Waals surface area contributed by atoms with E-state index in [9.17, 15) is 0 Å². The number of fused-ring (bicyclic) bond motifs is 1. The van der Waals surface area contributed by atoms with Crippen molar-refractivity contribution in [2.24, 2.45) is 0 Å². The number of rotatable bonds is 1. The Bertz CT molecular complexity index is 467. The first-order valence-electron chi connectivity index (χ1n) is 5.96. The van der Waals surface area contributed by atoms with Crippen LogP contribution < -0.4 is 14.8 Å². The van der Waals surface area contributed by atoms with Gasteiger partial charge in [0.2, 0.25) is 6.79 Å². The minimum atomic E-state index is 0.0462. The third-order valence-corrected chi connectivity index (χ3v) is 4.81. The molecule has 0 spiro atoms. The third kappa shape index (κ3) is 1.66. The highest BCUT2D eigenvalue weighted by Crippen LogP contribution is 2.46. The number of nitrogens with one attached hydrogen (secondary N) is 1. The van der Waals surface area contributed by atoms with Gasteiger partial charge < -0.3 is 14.8 Å². The summed E-state index contributed by atoms with van der Waals surface area (Å²) >= 11 is 3.70. The molecule has 0 amide bonds. The van der Waals surface area contributed by atoms with Crippen LogP contribution in [0.4, 0.5) is 0 Å². The number of hydrogen-bond acceptors (Lipinski definition) is 3. The summed E-state index contributed by atoms with van der Waals surface area (Å²) in [6, 6.07) is 2.11. The molecule has 3 rings (SSSR count). The van der Waals surface area contributed by atoms with E-state index in [1.807, 2.05) is 0 Å². The Kier molecular flexibility index (Phi) is 2.60. The van der Waals surface area contributed by atoms with E-state index in [-0.39, 0.29) is 5.54 Å². The van der Waals surface area contributed by atoms with Gasteiger partial charge >= 0.3 is 0 Å². The topological polar surface area (TPSA) is 30.5 Å². The number of benzene rings is 1. The van der Waals surface area contributed by atoms with Crippen molar-refractivity contribution in [1.29, 1.82) is 0 Å². The minimum Gasteiger partial charge on any atom is -0.454 e. The first-order chi connectivity index (χ1) is 8.12. The van der Waals surface area contributed by atoms with Crippen LogP contribution in [-0.2, 0) is 5.54 Å². The van der Waals surface area contributed by atoms with E-state index in [4.69, 9.17) is 9.47 Å². The van der Waals surface area contributed by atoms with E-state index < -0.39 is 0 Å². The van der Waals surface area contributed by atoms with Crippen LogP contribution in [0.5, 0.6) is 11.5 Å². The van der Waals surface area contributed by atoms with Gasteiger partial charge in [-0.05, 0) is 44.9 Å². The lowest BCUT2D eigenvalue weighted by Gasteiger charge is -2.27. The minimum absolute atomic E-state index is 0.0462. The standard InChI is InChI=1S/C13H16BrNO2/c1-8-11(14)9(13(2)4-3-5-15-13)6-10-12(8)17-7-16-10/h6,15H,3-5,7H2,1-2H3. The third-order valence-electron chi connectivity index (χ3n) is 3.79. The normalized spacial score (nSPS) is 26.5. The Morgan fingerprint density at radius 2 is 2.24 bits per heavy atom. The lowest BCUT2D eigenvalue weighted by molar-refractivity contribution is 0.173. The van der Waals surface area contributed by atoms with Gasteiger partial charge in [-0.25, -0.2) is 0 Å². The molecule has 1 N–H and O–H groups in total. The van der Waals surface area contributed by atoms with Crippen molar-refractivity contribution >= 4 is 15.9 Å². The largest absolute Gasteiger partial charge is 0.454 e. The van der Waals surface area contributed by atoms with Gasteiger partial charge in [0.1, 0.15) is 0 Å². The fraction of sp³-hybridized carbons (Fsp3) is 0.538. The molecule has 1 atom stereocenters. The maximum absolute atomic E-state index is 5.51. The van der Waals surface area contributed by atoms with Gasteiger partial charge in [0.15, 0.2) is 11.5 Å². The SMILES string of the molecule is Cc1c(Br)c(C2(C)CCCN2)cc2c1OCO2. The van der Waals surface area contributed by atoms with Crippen molar-refractivity contribution in [2.75, 3.05) is 13.3 Å². The first-order valence-corrected chi connectivity index (χ1v) is 6.75. The molecule has 4 heteroatoms. The van der Waals surface area contributed by atoms with Crippen molar-refractivity contribution < 1.29 is 9.47 Å². The van der Waals surface area contributed by atoms with Crippen LogP contribution in [0.2, 0.25) is 0 Å². The van der Waals surface area contributed by atoms with Crippen molar-refractivity contribution in [3.05, 3.63) is 21.7 Å². The van der Waals surface area contributed by atoms with Crippen molar-refractivity contribution in [3.8, 4) is 11.5 Å². The number of hydrogen-bond donors (Lipinski definition) is 1. The van der Waals surface area contributed by atoms with Crippen LogP contribution >= 0.6 is 15.9 Å². The molecular weight excluding hydrogens is 282 g/mol. The maximum atomic E-state index is 5.51. The van der Waals surface area contributed by atoms with Gasteiger partial charge in [-0.1, -0.05) is 15.9 Å². The molecule has 1 fully saturated rings. The molecule has 92 valence electrons. The lowest BCUT2D eigenvalue weighted by atomic mass is 9.89. The van der Waals surface area contributed by atoms with Crippen molar-refractivity contribution in [2.45, 2.75) is 32.2 Å². The Hall–Kier alpha value is -0.740. The lowest BCUT2D eigenvalue weighted by Crippen LogP contribution is -2.33. The number of ether oxygens (including phenoxy) is 2. The van der Waals surface area contributed by atoms with Crippen LogP contribution in [0.1, 0.15) is 30.9 Å². The summed E-state index contributed by atoms with van der Waals surface area (Å²) in [6.07, 6.45) is 2.38. The molecule has 0 saturated carbocycles. The second-order valence-electron chi connectivity index (χ2n) is 4.96. The smallest absolute Gasteiger partial charge is 0.231 e. The summed E-state index contributed by atoms with van der Waals surface area (Å²) in [7, 11) is 0. The molecule has 2 aliphatic heterocycles. The quantitative estimate of drug-likeness (QED) is 0.864. The van der Waals surface area contributed by atoms with E-state index >= 15 is 0 Å². The van der Waals surface area contributed by atoms with Gasteiger partial charge in [-0.15, -0.1) is 0 Å². The summed E-state index contributed by atoms with van der Waals surface area (Å²) in [4.78, 5) is 0. The summed E-state index contributed by atoms with van der Waals surface area (Å²) in [5.74, 6) is 1.75. The maximum Gasteiger partial charge on any atom is 0.231 e. The molecule has 1 aromatic rings. The summed E-state index contributed by atoms with van der Waals surface area (Å²) in [5.41, 5.74) is 2.45. The second-order valence-corrected chi connectivity index (χ2v) is 5.75. The van der Waals surface area contributed by atoms with Gasteiger partial charge in [-0.3, -0.25) is 0 Å². The Morgan fingerprint density at radius 3 is 2.94 bits per heavy atom. The Balaban J connectivity index is 2.14. The molecule has 1 unspecified atom stereocenters. The Morgan fingerprint density at radius 1 is 1.41 bits per heavy atom. The van der Waals surface area contributed by atoms with E-state index in [0.717, 1.165) is 34.5 Å². The molecular formula is C13H16BrNO2. The van der Waals surface area contributed by atoms with E-state index in [2.05, 4.69) is 41.2 Å². The fourth-order valence-electron chi connectivity index (χ4n) is 2.71. The average molecular weight is 298 g/mol. The molecule has 0 bridgehead atoms. The predicted octanol–water partition coefficient (Wildman–Crippen LogP) is 3.08. The molecule has 0 aromatic heterocycles. The fourth-order valence-corrected chi connectivity index (χ4v) is 3.44. The predicted molar refractivity (Wildman–Crippen MR) is 69.6 cm³/mol. The van der Waals surface area contributed by atoms with Crippen molar-refractivity contribution in [3.63, 3.8) is 0 Å². The van der Waals surface area contributed by atoms with Gasteiger partial charge in [0, 0.05) is 15.6 Å². The molecule has 3 nitrogen and oxygen atoms in total. The number of halogens is 1. The highest BCUT2D eigenvalue weighted by atomic mass is 79.9. The molecule has 0 aliphatic carbocycles. The molecule has 0 radical (unpaired) electrons. The zero-order valence-electron chi connectivity index (χ0n) is 10.1. The highest BCUT2D eigenvalue weighted by molar-refractivity contribution is 9.10. The zero-order valence-corrected chi connectivity index (χ0v) is 11.7. The van der Waals surface area contributed by atoms with Gasteiger partial charge in [-0.2, -0.15) is 0 Å². The van der Waals surface area contributed by atoms with Crippen molar-refractivity contribution in [1.82, 2.24) is 5.32 Å². The monoisotopic (exact) mass is 297 g/mol. The highest BCUT2D eigenvalue weighted by Gasteiger charge is 2.34. The molecule has 17 heavy (non-hydrogen) atoms. The molecule has 1 aromatic carbocycles. The van der Waals surface area contributed by atoms with Gasteiger partial charge in [0.05, 0.1) is 0 Å². The van der Waals surface area contributed by atoms with Crippen LogP contribution in [0.25, 0.3) is 0 Å². The van der Waals surface area contributed by atoms with E-state index in [1.54, 1.807) is 0 Å². The summed E-state index contributed by atoms with van der Waals surface area (Å²) < 4.78 is 12.1.